The molecule has 0 saturated carbocycles. The topological polar surface area (TPSA) is 52.6 Å². The Morgan fingerprint density at radius 1 is 1.23 bits per heavy atom. The van der Waals surface area contributed by atoms with Crippen LogP contribution in [0.5, 0.6) is 0 Å². The molecule has 0 aliphatic rings. The summed E-state index contributed by atoms with van der Waals surface area (Å²) in [7, 11) is 0. The van der Waals surface area contributed by atoms with Crippen LogP contribution in [0.3, 0.4) is 0 Å². The molecule has 0 aromatic rings. The second kappa shape index (κ2) is 6.46. The van der Waals surface area contributed by atoms with Gasteiger partial charge >= 0.3 is 11.9 Å². The highest BCUT2D eigenvalue weighted by Crippen LogP contribution is 1.94. The number of ether oxygens (including phenoxy) is 2. The van der Waals surface area contributed by atoms with Crippen LogP contribution in [0.1, 0.15) is 33.6 Å². The fraction of sp³-hybridized carbons (Fsp3) is 0.778. The van der Waals surface area contributed by atoms with E-state index in [1.165, 1.54) is 0 Å². The monoisotopic (exact) mass is 188 g/mol. The quantitative estimate of drug-likeness (QED) is 0.610. The van der Waals surface area contributed by atoms with Crippen LogP contribution in [0.2, 0.25) is 0 Å². The highest BCUT2D eigenvalue weighted by molar-refractivity contribution is 5.71. The molecule has 0 unspecified atom stereocenters. The normalized spacial score (nSPS) is 9.85. The molecule has 4 nitrogen and oxygen atoms in total. The van der Waals surface area contributed by atoms with E-state index in [1.54, 1.807) is 20.8 Å². The lowest BCUT2D eigenvalue weighted by atomic mass is 10.4. The van der Waals surface area contributed by atoms with E-state index in [0.29, 0.717) is 6.42 Å². The van der Waals surface area contributed by atoms with E-state index in [1.807, 2.05) is 0 Å². The molecule has 0 aliphatic heterocycles. The van der Waals surface area contributed by atoms with Gasteiger partial charge in [0.15, 0.2) is 0 Å². The van der Waals surface area contributed by atoms with Crippen molar-refractivity contribution in [3.63, 3.8) is 0 Å². The Bertz CT molecular complexity index is 174. The van der Waals surface area contributed by atoms with Gasteiger partial charge in [-0.05, 0) is 13.8 Å². The molecule has 0 radical (unpaired) electrons. The van der Waals surface area contributed by atoms with Crippen LogP contribution in [0.15, 0.2) is 0 Å². The maximum Gasteiger partial charge on any atom is 0.309 e. The van der Waals surface area contributed by atoms with Crippen molar-refractivity contribution in [3.8, 4) is 0 Å². The SMILES string of the molecule is CCC(=O)OCCC(=O)OC(C)C. The second-order valence-electron chi connectivity index (χ2n) is 2.86. The molecular weight excluding hydrogens is 172 g/mol. The molecule has 0 N–H and O–H groups in total. The smallest absolute Gasteiger partial charge is 0.309 e. The van der Waals surface area contributed by atoms with E-state index in [2.05, 4.69) is 0 Å². The Labute approximate surface area is 78.2 Å². The van der Waals surface area contributed by atoms with Gasteiger partial charge in [-0.25, -0.2) is 0 Å². The summed E-state index contributed by atoms with van der Waals surface area (Å²) in [6.07, 6.45) is 0.345. The van der Waals surface area contributed by atoms with Gasteiger partial charge in [0.05, 0.1) is 12.5 Å². The number of carbonyl (C=O) groups excluding carboxylic acids is 2. The summed E-state index contributed by atoms with van der Waals surface area (Å²) < 4.78 is 9.54. The molecule has 0 heterocycles. The van der Waals surface area contributed by atoms with Crippen molar-refractivity contribution in [2.24, 2.45) is 0 Å². The molecule has 0 saturated heterocycles. The molecule has 0 atom stereocenters. The van der Waals surface area contributed by atoms with Gasteiger partial charge in [0, 0.05) is 6.42 Å². The summed E-state index contributed by atoms with van der Waals surface area (Å²) >= 11 is 0. The fourth-order valence-electron chi connectivity index (χ4n) is 0.672. The Hall–Kier alpha value is -1.06. The lowest BCUT2D eigenvalue weighted by Gasteiger charge is -2.07. The maximum atomic E-state index is 10.9. The number of rotatable bonds is 5. The first-order valence-electron chi connectivity index (χ1n) is 4.41. The van der Waals surface area contributed by atoms with E-state index < -0.39 is 0 Å². The van der Waals surface area contributed by atoms with E-state index in [-0.39, 0.29) is 31.1 Å². The molecule has 4 heteroatoms. The lowest BCUT2D eigenvalue weighted by Crippen LogP contribution is -2.14. The van der Waals surface area contributed by atoms with Crippen molar-refractivity contribution < 1.29 is 19.1 Å². The Kier molecular flexibility index (Phi) is 5.93. The van der Waals surface area contributed by atoms with Crippen LogP contribution in [0, 0.1) is 0 Å². The van der Waals surface area contributed by atoms with Crippen molar-refractivity contribution in [1.29, 1.82) is 0 Å². The van der Waals surface area contributed by atoms with Crippen molar-refractivity contribution in [3.05, 3.63) is 0 Å². The van der Waals surface area contributed by atoms with E-state index in [4.69, 9.17) is 9.47 Å². The van der Waals surface area contributed by atoms with Crippen LogP contribution in [0.4, 0.5) is 0 Å². The van der Waals surface area contributed by atoms with Crippen LogP contribution in [0.25, 0.3) is 0 Å². The molecule has 0 bridgehead atoms. The molecule has 76 valence electrons. The molecule has 0 amide bonds. The summed E-state index contributed by atoms with van der Waals surface area (Å²) in [5.41, 5.74) is 0. The average Bonchev–Trinajstić information content (AvgIpc) is 2.02. The lowest BCUT2D eigenvalue weighted by molar-refractivity contribution is -0.151. The Balaban J connectivity index is 3.42. The summed E-state index contributed by atoms with van der Waals surface area (Å²) in [4.78, 5) is 21.6. The van der Waals surface area contributed by atoms with Gasteiger partial charge in [0.2, 0.25) is 0 Å². The summed E-state index contributed by atoms with van der Waals surface area (Å²) in [5, 5.41) is 0. The minimum absolute atomic E-state index is 0.109. The first-order valence-corrected chi connectivity index (χ1v) is 4.41. The van der Waals surface area contributed by atoms with Crippen molar-refractivity contribution in [2.45, 2.75) is 39.7 Å². The van der Waals surface area contributed by atoms with Crippen LogP contribution < -0.4 is 0 Å². The zero-order valence-electron chi connectivity index (χ0n) is 8.33. The third kappa shape index (κ3) is 7.31. The van der Waals surface area contributed by atoms with Gasteiger partial charge in [-0.3, -0.25) is 9.59 Å². The van der Waals surface area contributed by atoms with Crippen molar-refractivity contribution in [1.82, 2.24) is 0 Å². The maximum absolute atomic E-state index is 10.9. The Morgan fingerprint density at radius 3 is 2.31 bits per heavy atom. The predicted molar refractivity (Wildman–Crippen MR) is 47.1 cm³/mol. The summed E-state index contributed by atoms with van der Waals surface area (Å²) in [5.74, 6) is -0.628. The largest absolute Gasteiger partial charge is 0.465 e. The van der Waals surface area contributed by atoms with Gasteiger partial charge in [-0.15, -0.1) is 0 Å². The molecule has 0 aromatic carbocycles. The van der Waals surface area contributed by atoms with E-state index in [0.717, 1.165) is 0 Å². The molecular formula is C9H16O4. The molecule has 0 fully saturated rings. The van der Waals surface area contributed by atoms with Crippen LogP contribution in [-0.4, -0.2) is 24.6 Å². The summed E-state index contributed by atoms with van der Waals surface area (Å²) in [6, 6.07) is 0. The summed E-state index contributed by atoms with van der Waals surface area (Å²) in [6.45, 7) is 5.36. The average molecular weight is 188 g/mol. The predicted octanol–water partition coefficient (Wildman–Crippen LogP) is 1.28. The third-order valence-electron chi connectivity index (χ3n) is 1.23. The van der Waals surface area contributed by atoms with Crippen molar-refractivity contribution in [2.75, 3.05) is 6.61 Å². The van der Waals surface area contributed by atoms with Gasteiger partial charge < -0.3 is 9.47 Å². The number of carbonyl (C=O) groups is 2. The molecule has 0 aromatic heterocycles. The first kappa shape index (κ1) is 11.9. The number of hydrogen-bond acceptors (Lipinski definition) is 4. The first-order chi connectivity index (χ1) is 6.06. The zero-order chi connectivity index (χ0) is 10.3. The number of esters is 2. The highest BCUT2D eigenvalue weighted by Gasteiger charge is 2.06. The standard InChI is InChI=1S/C9H16O4/c1-4-8(10)12-6-5-9(11)13-7(2)3/h7H,4-6H2,1-3H3. The minimum Gasteiger partial charge on any atom is -0.465 e. The minimum atomic E-state index is -0.334. The zero-order valence-corrected chi connectivity index (χ0v) is 8.33. The fourth-order valence-corrected chi connectivity index (χ4v) is 0.672. The van der Waals surface area contributed by atoms with Crippen molar-refractivity contribution >= 4 is 11.9 Å². The molecule has 0 aliphatic carbocycles. The van der Waals surface area contributed by atoms with Gasteiger partial charge in [0.1, 0.15) is 6.61 Å². The van der Waals surface area contributed by atoms with Gasteiger partial charge in [-0.1, -0.05) is 6.92 Å². The molecule has 0 spiro atoms. The van der Waals surface area contributed by atoms with Gasteiger partial charge in [-0.2, -0.15) is 0 Å². The number of hydrogen-bond donors (Lipinski definition) is 0. The molecule has 0 rings (SSSR count). The Morgan fingerprint density at radius 2 is 1.85 bits per heavy atom. The van der Waals surface area contributed by atoms with Crippen LogP contribution in [-0.2, 0) is 19.1 Å². The highest BCUT2D eigenvalue weighted by atomic mass is 16.6. The van der Waals surface area contributed by atoms with Gasteiger partial charge in [0.25, 0.3) is 0 Å². The molecule has 13 heavy (non-hydrogen) atoms. The third-order valence-corrected chi connectivity index (χ3v) is 1.23. The van der Waals surface area contributed by atoms with E-state index >= 15 is 0 Å². The second-order valence-corrected chi connectivity index (χ2v) is 2.86. The van der Waals surface area contributed by atoms with E-state index in [9.17, 15) is 9.59 Å². The van der Waals surface area contributed by atoms with Crippen LogP contribution >= 0.6 is 0 Å².